The van der Waals surface area contributed by atoms with Gasteiger partial charge in [-0.3, -0.25) is 4.79 Å². The number of aromatic nitrogens is 3. The molecule has 1 fully saturated rings. The van der Waals surface area contributed by atoms with E-state index in [-0.39, 0.29) is 12.1 Å². The molecule has 6 nitrogen and oxygen atoms in total. The first kappa shape index (κ1) is 14.1. The number of imidazole rings is 1. The zero-order valence-electron chi connectivity index (χ0n) is 11.0. The van der Waals surface area contributed by atoms with E-state index in [1.807, 2.05) is 10.7 Å². The van der Waals surface area contributed by atoms with Crippen LogP contribution in [0.25, 0.3) is 4.96 Å². The van der Waals surface area contributed by atoms with Crippen molar-refractivity contribution in [2.24, 2.45) is 0 Å². The average molecular weight is 406 g/mol. The molecule has 0 aliphatic heterocycles. The van der Waals surface area contributed by atoms with E-state index in [1.54, 1.807) is 11.3 Å². The van der Waals surface area contributed by atoms with Gasteiger partial charge in [-0.1, -0.05) is 11.3 Å². The number of carbonyl (C=O) groups excluding carboxylic acids is 1. The molecule has 0 amide bonds. The summed E-state index contributed by atoms with van der Waals surface area (Å²) >= 11 is 3.78. The molecule has 1 aliphatic rings. The Morgan fingerprint density at radius 1 is 1.50 bits per heavy atom. The van der Waals surface area contributed by atoms with E-state index in [4.69, 9.17) is 4.74 Å². The molecule has 3 rings (SSSR count). The highest BCUT2D eigenvalue weighted by atomic mass is 127. The summed E-state index contributed by atoms with van der Waals surface area (Å²) in [5.74, 6) is -0.183. The molecule has 0 unspecified atom stereocenters. The van der Waals surface area contributed by atoms with Crippen LogP contribution in [-0.4, -0.2) is 32.7 Å². The summed E-state index contributed by atoms with van der Waals surface area (Å²) in [6.45, 7) is 1.47. The molecule has 0 saturated heterocycles. The van der Waals surface area contributed by atoms with Gasteiger partial charge in [-0.05, 0) is 48.3 Å². The van der Waals surface area contributed by atoms with Crippen LogP contribution in [0.15, 0.2) is 6.20 Å². The normalized spacial score (nSPS) is 22.9. The molecule has 0 atom stereocenters. The van der Waals surface area contributed by atoms with Gasteiger partial charge >= 0.3 is 5.97 Å². The number of hydrogen-bond donors (Lipinski definition) is 1. The maximum absolute atomic E-state index is 10.9. The fourth-order valence-corrected chi connectivity index (χ4v) is 3.95. The monoisotopic (exact) mass is 406 g/mol. The number of halogens is 1. The Balaban J connectivity index is 1.57. The largest absolute Gasteiger partial charge is 0.463 e. The Morgan fingerprint density at radius 2 is 2.25 bits per heavy atom. The summed E-state index contributed by atoms with van der Waals surface area (Å²) in [5.41, 5.74) is 0. The lowest BCUT2D eigenvalue weighted by molar-refractivity contribution is -0.147. The van der Waals surface area contributed by atoms with Crippen molar-refractivity contribution >= 4 is 50.0 Å². The van der Waals surface area contributed by atoms with Crippen LogP contribution in [0.5, 0.6) is 0 Å². The number of nitrogens with one attached hydrogen (secondary N) is 1. The van der Waals surface area contributed by atoms with Crippen molar-refractivity contribution in [3.8, 4) is 0 Å². The van der Waals surface area contributed by atoms with Gasteiger partial charge in [-0.15, -0.1) is 5.10 Å². The van der Waals surface area contributed by atoms with Gasteiger partial charge in [-0.2, -0.15) is 4.52 Å². The number of esters is 1. The highest BCUT2D eigenvalue weighted by Gasteiger charge is 2.23. The number of hydrogen-bond acceptors (Lipinski definition) is 6. The van der Waals surface area contributed by atoms with E-state index in [0.29, 0.717) is 6.04 Å². The summed E-state index contributed by atoms with van der Waals surface area (Å²) in [6, 6.07) is 0.398. The van der Waals surface area contributed by atoms with Crippen molar-refractivity contribution in [1.82, 2.24) is 14.6 Å². The molecule has 0 spiro atoms. The van der Waals surface area contributed by atoms with Crippen molar-refractivity contribution in [2.45, 2.75) is 44.8 Å². The molecule has 1 aliphatic carbocycles. The number of ether oxygens (including phenoxy) is 1. The molecule has 2 aromatic heterocycles. The molecule has 20 heavy (non-hydrogen) atoms. The number of rotatable bonds is 3. The minimum absolute atomic E-state index is 0.0834. The number of fused-ring (bicyclic) bond motifs is 1. The van der Waals surface area contributed by atoms with Crippen LogP contribution in [0.4, 0.5) is 5.13 Å². The third-order valence-corrected chi connectivity index (χ3v) is 4.97. The second-order valence-corrected chi connectivity index (χ2v) is 6.97. The Bertz CT molecular complexity index is 618. The van der Waals surface area contributed by atoms with Gasteiger partial charge in [0.15, 0.2) is 0 Å². The van der Waals surface area contributed by atoms with Gasteiger partial charge < -0.3 is 10.1 Å². The molecule has 0 bridgehead atoms. The lowest BCUT2D eigenvalue weighted by atomic mass is 9.93. The van der Waals surface area contributed by atoms with Crippen molar-refractivity contribution in [3.05, 3.63) is 9.90 Å². The van der Waals surface area contributed by atoms with Gasteiger partial charge in [0.25, 0.3) is 0 Å². The summed E-state index contributed by atoms with van der Waals surface area (Å²) in [6.07, 6.45) is 5.72. The van der Waals surface area contributed by atoms with Crippen LogP contribution >= 0.6 is 33.9 Å². The highest BCUT2D eigenvalue weighted by molar-refractivity contribution is 14.1. The van der Waals surface area contributed by atoms with Crippen LogP contribution in [0, 0.1) is 3.70 Å². The fraction of sp³-hybridized carbons (Fsp3) is 0.583. The molecule has 2 heterocycles. The molecule has 1 saturated carbocycles. The van der Waals surface area contributed by atoms with Crippen LogP contribution in [0.3, 0.4) is 0 Å². The van der Waals surface area contributed by atoms with Crippen molar-refractivity contribution in [2.75, 3.05) is 5.32 Å². The van der Waals surface area contributed by atoms with Gasteiger partial charge in [0.1, 0.15) is 9.80 Å². The maximum atomic E-state index is 10.9. The summed E-state index contributed by atoms with van der Waals surface area (Å²) in [5, 5.41) is 8.87. The van der Waals surface area contributed by atoms with Crippen LogP contribution in [0.1, 0.15) is 32.6 Å². The second-order valence-electron chi connectivity index (χ2n) is 4.91. The predicted octanol–water partition coefficient (Wildman–Crippen LogP) is 2.68. The van der Waals surface area contributed by atoms with Crippen LogP contribution in [0.2, 0.25) is 0 Å². The van der Waals surface area contributed by atoms with Crippen molar-refractivity contribution < 1.29 is 9.53 Å². The first-order valence-electron chi connectivity index (χ1n) is 6.55. The van der Waals surface area contributed by atoms with Crippen molar-refractivity contribution in [3.63, 3.8) is 0 Å². The zero-order chi connectivity index (χ0) is 14.1. The Kier molecular flexibility index (Phi) is 4.11. The SMILES string of the molecule is CC(=O)O[C@H]1CC[C@H](Nc2nn3c(I)cnc3s2)CC1. The van der Waals surface area contributed by atoms with Gasteiger partial charge in [-0.25, -0.2) is 4.98 Å². The first-order valence-corrected chi connectivity index (χ1v) is 8.45. The third kappa shape index (κ3) is 3.05. The lowest BCUT2D eigenvalue weighted by Crippen LogP contribution is -2.30. The average Bonchev–Trinajstić information content (AvgIpc) is 2.94. The number of nitrogens with zero attached hydrogens (tertiary/aromatic N) is 3. The van der Waals surface area contributed by atoms with E-state index >= 15 is 0 Å². The topological polar surface area (TPSA) is 68.5 Å². The number of carbonyl (C=O) groups is 1. The third-order valence-electron chi connectivity index (χ3n) is 3.38. The molecule has 0 radical (unpaired) electrons. The van der Waals surface area contributed by atoms with Crippen molar-refractivity contribution in [1.29, 1.82) is 0 Å². The molecule has 2 aromatic rings. The van der Waals surface area contributed by atoms with Gasteiger partial charge in [0.05, 0.1) is 6.20 Å². The van der Waals surface area contributed by atoms with Crippen LogP contribution < -0.4 is 5.32 Å². The van der Waals surface area contributed by atoms with Gasteiger partial charge in [0, 0.05) is 13.0 Å². The lowest BCUT2D eigenvalue weighted by Gasteiger charge is -2.28. The molecule has 8 heteroatoms. The molecular formula is C12H15IN4O2S. The first-order chi connectivity index (χ1) is 9.61. The second kappa shape index (κ2) is 5.84. The summed E-state index contributed by atoms with van der Waals surface area (Å²) in [4.78, 5) is 16.1. The Morgan fingerprint density at radius 3 is 2.90 bits per heavy atom. The van der Waals surface area contributed by atoms with Gasteiger partial charge in [0.2, 0.25) is 10.1 Å². The predicted molar refractivity (Wildman–Crippen MR) is 85.0 cm³/mol. The standard InChI is InChI=1S/C12H15IN4O2S/c1-7(18)19-9-4-2-8(3-5-9)15-11-16-17-10(13)6-14-12(17)20-11/h6,8-9H,2-5H2,1H3,(H,15,16)/t8-,9-. The number of anilines is 1. The minimum Gasteiger partial charge on any atom is -0.463 e. The Labute approximate surface area is 134 Å². The molecule has 0 aromatic carbocycles. The smallest absolute Gasteiger partial charge is 0.302 e. The zero-order valence-corrected chi connectivity index (χ0v) is 14.0. The highest BCUT2D eigenvalue weighted by Crippen LogP contribution is 2.27. The van der Waals surface area contributed by atoms with E-state index in [9.17, 15) is 4.79 Å². The molecule has 1 N–H and O–H groups in total. The minimum atomic E-state index is -0.183. The molecule has 108 valence electrons. The summed E-state index contributed by atoms with van der Waals surface area (Å²) < 4.78 is 8.11. The quantitative estimate of drug-likeness (QED) is 0.627. The summed E-state index contributed by atoms with van der Waals surface area (Å²) in [7, 11) is 0. The Hall–Kier alpha value is -0.900. The van der Waals surface area contributed by atoms with E-state index in [0.717, 1.165) is 39.5 Å². The van der Waals surface area contributed by atoms with E-state index < -0.39 is 0 Å². The molecular weight excluding hydrogens is 391 g/mol. The maximum Gasteiger partial charge on any atom is 0.302 e. The van der Waals surface area contributed by atoms with E-state index in [2.05, 4.69) is 38.0 Å². The van der Waals surface area contributed by atoms with E-state index in [1.165, 1.54) is 6.92 Å². The fourth-order valence-electron chi connectivity index (χ4n) is 2.46. The van der Waals surface area contributed by atoms with Crippen LogP contribution in [-0.2, 0) is 9.53 Å².